The number of allylic oxidation sites excluding steroid dienone is 2. The number of fused-ring (bicyclic) bond motifs is 1. The molecule has 1 atom stereocenters. The molecular formula is C25H25BrN4O3. The van der Waals surface area contributed by atoms with Crippen LogP contribution in [-0.4, -0.2) is 37.4 Å². The summed E-state index contributed by atoms with van der Waals surface area (Å²) in [6.07, 6.45) is 6.74. The third-order valence-corrected chi connectivity index (χ3v) is 7.63. The summed E-state index contributed by atoms with van der Waals surface area (Å²) in [6, 6.07) is 10.8. The van der Waals surface area contributed by atoms with Crippen molar-refractivity contribution >= 4 is 38.8 Å². The fourth-order valence-corrected chi connectivity index (χ4v) is 6.02. The molecule has 5 rings (SSSR count). The number of halogens is 1. The van der Waals surface area contributed by atoms with Crippen molar-refractivity contribution in [2.24, 2.45) is 5.41 Å². The Morgan fingerprint density at radius 2 is 1.94 bits per heavy atom. The molecule has 2 aromatic heterocycles. The van der Waals surface area contributed by atoms with Crippen molar-refractivity contribution in [1.82, 2.24) is 19.9 Å². The van der Waals surface area contributed by atoms with Crippen LogP contribution in [0, 0.1) is 12.3 Å². The van der Waals surface area contributed by atoms with Crippen molar-refractivity contribution in [3.63, 3.8) is 0 Å². The highest BCUT2D eigenvalue weighted by Crippen LogP contribution is 2.53. The second-order valence-corrected chi connectivity index (χ2v) is 9.70. The molecule has 1 spiro atoms. The van der Waals surface area contributed by atoms with E-state index in [1.807, 2.05) is 47.9 Å². The molecule has 0 radical (unpaired) electrons. The molecule has 33 heavy (non-hydrogen) atoms. The summed E-state index contributed by atoms with van der Waals surface area (Å²) in [6.45, 7) is 1.94. The summed E-state index contributed by atoms with van der Waals surface area (Å²) in [7, 11) is 0. The number of carboxylic acids is 1. The molecule has 2 N–H and O–H groups in total. The van der Waals surface area contributed by atoms with Crippen molar-refractivity contribution < 1.29 is 14.7 Å². The predicted molar refractivity (Wildman–Crippen MR) is 128 cm³/mol. The smallest absolute Gasteiger partial charge is 0.326 e. The van der Waals surface area contributed by atoms with Gasteiger partial charge in [0.25, 0.3) is 0 Å². The lowest BCUT2D eigenvalue weighted by Crippen LogP contribution is -2.53. The molecule has 170 valence electrons. The Hall–Kier alpha value is -3.00. The van der Waals surface area contributed by atoms with E-state index in [1.165, 1.54) is 0 Å². The number of nitrogens with zero attached hydrogens (tertiary/aromatic N) is 3. The van der Waals surface area contributed by atoms with Gasteiger partial charge < -0.3 is 10.4 Å². The van der Waals surface area contributed by atoms with E-state index in [-0.39, 0.29) is 5.78 Å². The molecule has 2 heterocycles. The number of aryl methyl sites for hydroxylation is 1. The average molecular weight is 509 g/mol. The lowest BCUT2D eigenvalue weighted by molar-refractivity contribution is -0.140. The van der Waals surface area contributed by atoms with Crippen LogP contribution in [0.2, 0.25) is 0 Å². The minimum atomic E-state index is -0.933. The molecule has 1 aromatic carbocycles. The number of pyridine rings is 1. The zero-order valence-electron chi connectivity index (χ0n) is 18.3. The SMILES string of the molecule is Cc1nc2cccnc2n1-c1ccc(C[C@H](NC2=C(Br)C(=O)C23CCCCC3)C(=O)O)cc1. The molecule has 1 fully saturated rings. The standard InChI is InChI=1S/C25H25BrN4O3/c1-15-28-18-6-5-13-27-23(18)30(15)17-9-7-16(8-10-17)14-19(24(32)33)29-21-20(26)22(31)25(21)11-3-2-4-12-25/h5-10,13,19,29H,2-4,11-12,14H2,1H3,(H,32,33)/t19-/m0/s1. The van der Waals surface area contributed by atoms with E-state index in [0.717, 1.165) is 66.0 Å². The number of carboxylic acid groups (broad SMARTS) is 1. The minimum absolute atomic E-state index is 0.106. The number of Topliss-reactive ketones (excluding diaryl/α,β-unsaturated/α-hetero) is 1. The van der Waals surface area contributed by atoms with Crippen LogP contribution in [0.3, 0.4) is 0 Å². The van der Waals surface area contributed by atoms with Gasteiger partial charge in [0.15, 0.2) is 11.4 Å². The number of aromatic nitrogens is 3. The zero-order valence-corrected chi connectivity index (χ0v) is 19.9. The van der Waals surface area contributed by atoms with Gasteiger partial charge in [0.05, 0.1) is 9.90 Å². The maximum atomic E-state index is 12.6. The lowest BCUT2D eigenvalue weighted by Gasteiger charge is -2.46. The van der Waals surface area contributed by atoms with E-state index >= 15 is 0 Å². The van der Waals surface area contributed by atoms with E-state index in [9.17, 15) is 14.7 Å². The number of nitrogens with one attached hydrogen (secondary N) is 1. The summed E-state index contributed by atoms with van der Waals surface area (Å²) < 4.78 is 2.49. The molecule has 1 saturated carbocycles. The van der Waals surface area contributed by atoms with Gasteiger partial charge in [-0.2, -0.15) is 0 Å². The Bertz CT molecular complexity index is 1270. The highest BCUT2D eigenvalue weighted by Gasteiger charge is 2.53. The van der Waals surface area contributed by atoms with E-state index in [2.05, 4.69) is 31.2 Å². The van der Waals surface area contributed by atoms with Gasteiger partial charge in [-0.05, 0) is 65.5 Å². The number of hydrogen-bond donors (Lipinski definition) is 2. The Morgan fingerprint density at radius 3 is 2.64 bits per heavy atom. The van der Waals surface area contributed by atoms with Crippen LogP contribution in [0.15, 0.2) is 52.8 Å². The number of benzene rings is 1. The first-order valence-electron chi connectivity index (χ1n) is 11.2. The summed E-state index contributed by atoms with van der Waals surface area (Å²) >= 11 is 3.38. The van der Waals surface area contributed by atoms with E-state index in [0.29, 0.717) is 10.9 Å². The highest BCUT2D eigenvalue weighted by molar-refractivity contribution is 9.12. The maximum absolute atomic E-state index is 12.6. The van der Waals surface area contributed by atoms with Gasteiger partial charge in [-0.15, -0.1) is 0 Å². The number of rotatable bonds is 6. The van der Waals surface area contributed by atoms with Crippen LogP contribution >= 0.6 is 15.9 Å². The van der Waals surface area contributed by atoms with Crippen LogP contribution in [0.4, 0.5) is 0 Å². The van der Waals surface area contributed by atoms with Crippen molar-refractivity contribution in [2.45, 2.75) is 51.5 Å². The van der Waals surface area contributed by atoms with Crippen molar-refractivity contribution in [1.29, 1.82) is 0 Å². The van der Waals surface area contributed by atoms with E-state index in [1.54, 1.807) is 6.20 Å². The molecule has 2 aliphatic rings. The van der Waals surface area contributed by atoms with Crippen LogP contribution in [0.25, 0.3) is 16.9 Å². The third-order valence-electron chi connectivity index (χ3n) is 6.87. The second-order valence-electron chi connectivity index (χ2n) is 8.91. The first-order chi connectivity index (χ1) is 15.9. The van der Waals surface area contributed by atoms with Gasteiger partial charge in [-0.1, -0.05) is 31.4 Å². The topological polar surface area (TPSA) is 97.1 Å². The van der Waals surface area contributed by atoms with E-state index < -0.39 is 17.4 Å². The van der Waals surface area contributed by atoms with Crippen molar-refractivity contribution in [3.05, 3.63) is 64.2 Å². The number of ketones is 1. The van der Waals surface area contributed by atoms with Crippen LogP contribution in [-0.2, 0) is 16.0 Å². The molecule has 0 saturated heterocycles. The molecule has 2 aliphatic carbocycles. The van der Waals surface area contributed by atoms with Gasteiger partial charge >= 0.3 is 5.97 Å². The lowest BCUT2D eigenvalue weighted by atomic mass is 9.62. The fraction of sp³-hybridized carbons (Fsp3) is 0.360. The molecule has 8 heteroatoms. The summed E-state index contributed by atoms with van der Waals surface area (Å²) in [4.78, 5) is 33.7. The molecule has 7 nitrogen and oxygen atoms in total. The molecule has 3 aromatic rings. The number of imidazole rings is 1. The number of hydrogen-bond acceptors (Lipinski definition) is 5. The predicted octanol–water partition coefficient (Wildman–Crippen LogP) is 4.45. The number of carbonyl (C=O) groups is 2. The Morgan fingerprint density at radius 1 is 1.21 bits per heavy atom. The van der Waals surface area contributed by atoms with E-state index in [4.69, 9.17) is 0 Å². The van der Waals surface area contributed by atoms with Gasteiger partial charge in [0.1, 0.15) is 17.4 Å². The first kappa shape index (κ1) is 21.8. The Labute approximate surface area is 200 Å². The number of carbonyl (C=O) groups excluding carboxylic acids is 1. The maximum Gasteiger partial charge on any atom is 0.326 e. The quantitative estimate of drug-likeness (QED) is 0.510. The Kier molecular flexibility index (Phi) is 5.56. The number of aliphatic carboxylic acids is 1. The van der Waals surface area contributed by atoms with Gasteiger partial charge in [0, 0.05) is 24.0 Å². The molecule has 0 aliphatic heterocycles. The van der Waals surface area contributed by atoms with Gasteiger partial charge in [-0.3, -0.25) is 9.36 Å². The van der Waals surface area contributed by atoms with Crippen molar-refractivity contribution in [2.75, 3.05) is 0 Å². The first-order valence-corrected chi connectivity index (χ1v) is 12.0. The van der Waals surface area contributed by atoms with Crippen LogP contribution in [0.5, 0.6) is 0 Å². The highest BCUT2D eigenvalue weighted by atomic mass is 79.9. The largest absolute Gasteiger partial charge is 0.480 e. The monoisotopic (exact) mass is 508 g/mol. The van der Waals surface area contributed by atoms with Crippen molar-refractivity contribution in [3.8, 4) is 5.69 Å². The van der Waals surface area contributed by atoms with Gasteiger partial charge in [-0.25, -0.2) is 14.8 Å². The molecule has 0 bridgehead atoms. The average Bonchev–Trinajstić information content (AvgIpc) is 3.17. The third kappa shape index (κ3) is 3.66. The summed E-state index contributed by atoms with van der Waals surface area (Å²) in [5, 5.41) is 13.1. The minimum Gasteiger partial charge on any atom is -0.480 e. The molecule has 0 amide bonds. The summed E-state index contributed by atoms with van der Waals surface area (Å²) in [5.41, 5.74) is 3.68. The second kappa shape index (κ2) is 8.41. The van der Waals surface area contributed by atoms with Crippen LogP contribution in [0.1, 0.15) is 43.5 Å². The normalized spacial score (nSPS) is 18.4. The Balaban J connectivity index is 1.37. The molecule has 0 unspecified atom stereocenters. The summed E-state index contributed by atoms with van der Waals surface area (Å²) in [5.74, 6) is 0.0123. The van der Waals surface area contributed by atoms with Crippen LogP contribution < -0.4 is 5.32 Å². The fourth-order valence-electron chi connectivity index (χ4n) is 5.14. The molecular weight excluding hydrogens is 484 g/mol. The zero-order chi connectivity index (χ0) is 23.2. The van der Waals surface area contributed by atoms with Gasteiger partial charge in [0.2, 0.25) is 0 Å².